The molecule has 0 amide bonds. The minimum Gasteiger partial charge on any atom is -0.492 e. The molecule has 1 aromatic rings. The van der Waals surface area contributed by atoms with E-state index in [-0.39, 0.29) is 0 Å². The molecular formula is C14H21NO. The van der Waals surface area contributed by atoms with Crippen LogP contribution in [0.2, 0.25) is 0 Å². The van der Waals surface area contributed by atoms with E-state index < -0.39 is 0 Å². The van der Waals surface area contributed by atoms with Crippen LogP contribution in [0, 0.1) is 0 Å². The van der Waals surface area contributed by atoms with Crippen LogP contribution in [0.15, 0.2) is 18.2 Å². The summed E-state index contributed by atoms with van der Waals surface area (Å²) >= 11 is 0. The van der Waals surface area contributed by atoms with E-state index in [1.54, 1.807) is 0 Å². The average molecular weight is 219 g/mol. The maximum absolute atomic E-state index is 5.88. The van der Waals surface area contributed by atoms with Crippen molar-refractivity contribution in [1.29, 1.82) is 0 Å². The highest BCUT2D eigenvalue weighted by molar-refractivity contribution is 5.54. The number of ether oxygens (including phenoxy) is 1. The molecule has 2 nitrogen and oxygen atoms in total. The van der Waals surface area contributed by atoms with E-state index in [1.807, 2.05) is 13.0 Å². The summed E-state index contributed by atoms with van der Waals surface area (Å²) < 4.78 is 5.54. The molecule has 0 spiro atoms. The topological polar surface area (TPSA) is 35.2 Å². The minimum atomic E-state index is 0.679. The smallest absolute Gasteiger partial charge is 0.142 e. The van der Waals surface area contributed by atoms with E-state index in [9.17, 15) is 0 Å². The van der Waals surface area contributed by atoms with E-state index in [2.05, 4.69) is 12.1 Å². The number of rotatable bonds is 3. The van der Waals surface area contributed by atoms with E-state index in [1.165, 1.54) is 37.7 Å². The molecule has 0 radical (unpaired) electrons. The van der Waals surface area contributed by atoms with Crippen molar-refractivity contribution in [2.45, 2.75) is 44.9 Å². The van der Waals surface area contributed by atoms with Gasteiger partial charge in [0.25, 0.3) is 0 Å². The van der Waals surface area contributed by atoms with Crippen molar-refractivity contribution < 1.29 is 4.74 Å². The van der Waals surface area contributed by atoms with Crippen LogP contribution >= 0.6 is 0 Å². The molecule has 0 aliphatic heterocycles. The fourth-order valence-electron chi connectivity index (χ4n) is 2.52. The molecule has 0 heterocycles. The van der Waals surface area contributed by atoms with Crippen molar-refractivity contribution >= 4 is 5.69 Å². The number of anilines is 1. The van der Waals surface area contributed by atoms with Gasteiger partial charge in [-0.05, 0) is 43.4 Å². The van der Waals surface area contributed by atoms with Crippen LogP contribution in [0.5, 0.6) is 5.75 Å². The second-order valence-corrected chi connectivity index (χ2v) is 4.57. The highest BCUT2D eigenvalue weighted by atomic mass is 16.5. The lowest BCUT2D eigenvalue weighted by molar-refractivity contribution is 0.341. The summed E-state index contributed by atoms with van der Waals surface area (Å²) in [6, 6.07) is 6.28. The second-order valence-electron chi connectivity index (χ2n) is 4.57. The molecule has 88 valence electrons. The van der Waals surface area contributed by atoms with Crippen LogP contribution in [0.25, 0.3) is 0 Å². The predicted molar refractivity (Wildman–Crippen MR) is 67.8 cm³/mol. The molecule has 2 rings (SSSR count). The van der Waals surface area contributed by atoms with Gasteiger partial charge < -0.3 is 10.5 Å². The molecule has 1 aromatic carbocycles. The van der Waals surface area contributed by atoms with E-state index in [4.69, 9.17) is 10.5 Å². The van der Waals surface area contributed by atoms with Crippen molar-refractivity contribution in [2.75, 3.05) is 12.3 Å². The van der Waals surface area contributed by atoms with Gasteiger partial charge in [0.2, 0.25) is 0 Å². The first-order chi connectivity index (χ1) is 7.81. The van der Waals surface area contributed by atoms with E-state index >= 15 is 0 Å². The number of nitrogen functional groups attached to an aromatic ring is 1. The number of nitrogens with two attached hydrogens (primary N) is 1. The average Bonchev–Trinajstić information content (AvgIpc) is 2.33. The molecule has 1 saturated carbocycles. The minimum absolute atomic E-state index is 0.679. The first-order valence-electron chi connectivity index (χ1n) is 6.33. The first kappa shape index (κ1) is 11.3. The zero-order valence-electron chi connectivity index (χ0n) is 10.0. The fourth-order valence-corrected chi connectivity index (χ4v) is 2.52. The molecule has 1 fully saturated rings. The Bertz CT molecular complexity index is 343. The van der Waals surface area contributed by atoms with Crippen molar-refractivity contribution in [1.82, 2.24) is 0 Å². The molecule has 0 aromatic heterocycles. The summed E-state index contributed by atoms with van der Waals surface area (Å²) in [4.78, 5) is 0. The maximum atomic E-state index is 5.88. The van der Waals surface area contributed by atoms with Crippen molar-refractivity contribution in [2.24, 2.45) is 0 Å². The molecule has 0 bridgehead atoms. The highest BCUT2D eigenvalue weighted by Gasteiger charge is 2.16. The lowest BCUT2D eigenvalue weighted by Crippen LogP contribution is -2.05. The van der Waals surface area contributed by atoms with Gasteiger partial charge in [-0.1, -0.05) is 25.3 Å². The van der Waals surface area contributed by atoms with Crippen LogP contribution in [-0.4, -0.2) is 6.61 Å². The van der Waals surface area contributed by atoms with Gasteiger partial charge in [-0.25, -0.2) is 0 Å². The van der Waals surface area contributed by atoms with Gasteiger partial charge in [0.1, 0.15) is 5.75 Å². The van der Waals surface area contributed by atoms with Gasteiger partial charge in [0.15, 0.2) is 0 Å². The SMILES string of the molecule is CCOc1cc(C2CCCCC2)ccc1N. The quantitative estimate of drug-likeness (QED) is 0.786. The Hall–Kier alpha value is -1.18. The number of benzene rings is 1. The highest BCUT2D eigenvalue weighted by Crippen LogP contribution is 2.35. The van der Waals surface area contributed by atoms with Crippen LogP contribution < -0.4 is 10.5 Å². The Labute approximate surface area is 97.8 Å². The van der Waals surface area contributed by atoms with Gasteiger partial charge in [-0.3, -0.25) is 0 Å². The monoisotopic (exact) mass is 219 g/mol. The molecule has 1 aliphatic carbocycles. The third-order valence-corrected chi connectivity index (χ3v) is 3.41. The van der Waals surface area contributed by atoms with Gasteiger partial charge in [0.05, 0.1) is 12.3 Å². The van der Waals surface area contributed by atoms with Crippen molar-refractivity contribution in [3.05, 3.63) is 23.8 Å². The lowest BCUT2D eigenvalue weighted by Gasteiger charge is -2.22. The summed E-state index contributed by atoms with van der Waals surface area (Å²) in [5, 5.41) is 0. The number of hydrogen-bond acceptors (Lipinski definition) is 2. The predicted octanol–water partition coefficient (Wildman–Crippen LogP) is 3.72. The summed E-state index contributed by atoms with van der Waals surface area (Å²) in [5.41, 5.74) is 8.03. The van der Waals surface area contributed by atoms with Crippen LogP contribution in [-0.2, 0) is 0 Å². The zero-order chi connectivity index (χ0) is 11.4. The molecule has 0 atom stereocenters. The van der Waals surface area contributed by atoms with Crippen molar-refractivity contribution in [3.63, 3.8) is 0 Å². The Morgan fingerprint density at radius 2 is 2.00 bits per heavy atom. The van der Waals surface area contributed by atoms with Gasteiger partial charge in [-0.15, -0.1) is 0 Å². The lowest BCUT2D eigenvalue weighted by atomic mass is 9.84. The summed E-state index contributed by atoms with van der Waals surface area (Å²) in [6.45, 7) is 2.67. The normalized spacial score (nSPS) is 17.3. The van der Waals surface area contributed by atoms with E-state index in [0.29, 0.717) is 12.5 Å². The summed E-state index contributed by atoms with van der Waals surface area (Å²) in [6.07, 6.45) is 6.74. The Balaban J connectivity index is 2.17. The Morgan fingerprint density at radius 1 is 1.25 bits per heavy atom. The van der Waals surface area contributed by atoms with Gasteiger partial charge in [0, 0.05) is 0 Å². The van der Waals surface area contributed by atoms with Gasteiger partial charge in [-0.2, -0.15) is 0 Å². The van der Waals surface area contributed by atoms with E-state index in [0.717, 1.165) is 11.4 Å². The molecular weight excluding hydrogens is 198 g/mol. The zero-order valence-corrected chi connectivity index (χ0v) is 10.0. The van der Waals surface area contributed by atoms with Gasteiger partial charge >= 0.3 is 0 Å². The maximum Gasteiger partial charge on any atom is 0.142 e. The third-order valence-electron chi connectivity index (χ3n) is 3.41. The molecule has 16 heavy (non-hydrogen) atoms. The largest absolute Gasteiger partial charge is 0.492 e. The standard InChI is InChI=1S/C14H21NO/c1-2-16-14-10-12(8-9-13(14)15)11-6-4-3-5-7-11/h8-11H,2-7,15H2,1H3. The molecule has 2 heteroatoms. The van der Waals surface area contributed by atoms with Crippen LogP contribution in [0.3, 0.4) is 0 Å². The Morgan fingerprint density at radius 3 is 2.69 bits per heavy atom. The van der Waals surface area contributed by atoms with Crippen molar-refractivity contribution in [3.8, 4) is 5.75 Å². The molecule has 2 N–H and O–H groups in total. The third kappa shape index (κ3) is 2.49. The number of hydrogen-bond donors (Lipinski definition) is 1. The fraction of sp³-hybridized carbons (Fsp3) is 0.571. The summed E-state index contributed by atoms with van der Waals surface area (Å²) in [5.74, 6) is 1.57. The second kappa shape index (κ2) is 5.24. The van der Waals surface area contributed by atoms with Crippen LogP contribution in [0.4, 0.5) is 5.69 Å². The first-order valence-corrected chi connectivity index (χ1v) is 6.33. The molecule has 1 aliphatic rings. The molecule has 0 unspecified atom stereocenters. The Kier molecular flexibility index (Phi) is 3.70. The van der Waals surface area contributed by atoms with Crippen LogP contribution in [0.1, 0.15) is 50.5 Å². The molecule has 0 saturated heterocycles. The summed E-state index contributed by atoms with van der Waals surface area (Å²) in [7, 11) is 0.